The van der Waals surface area contributed by atoms with Crippen molar-refractivity contribution in [3.05, 3.63) is 89.5 Å². The highest BCUT2D eigenvalue weighted by atomic mass is 16.5. The molecule has 40 heavy (non-hydrogen) atoms. The smallest absolute Gasteiger partial charge is 0.300 e. The third-order valence-corrected chi connectivity index (χ3v) is 7.14. The van der Waals surface area contributed by atoms with Crippen LogP contribution in [0.1, 0.15) is 44.9 Å². The van der Waals surface area contributed by atoms with E-state index in [4.69, 9.17) is 4.74 Å². The van der Waals surface area contributed by atoms with Crippen LogP contribution in [0.5, 0.6) is 5.75 Å². The molecule has 1 aliphatic heterocycles. The molecule has 1 fully saturated rings. The summed E-state index contributed by atoms with van der Waals surface area (Å²) in [4.78, 5) is 32.7. The number of hydrogen-bond acceptors (Lipinski definition) is 6. The molecule has 1 aliphatic rings. The van der Waals surface area contributed by atoms with E-state index in [0.29, 0.717) is 29.5 Å². The molecule has 4 rings (SSSR count). The summed E-state index contributed by atoms with van der Waals surface area (Å²) in [6.07, 6.45) is 0. The summed E-state index contributed by atoms with van der Waals surface area (Å²) >= 11 is 0. The zero-order chi connectivity index (χ0) is 29.0. The predicted octanol–water partition coefficient (Wildman–Crippen LogP) is 6.26. The molecule has 210 valence electrons. The van der Waals surface area contributed by atoms with Crippen molar-refractivity contribution >= 4 is 34.5 Å². The first-order chi connectivity index (χ1) is 19.2. The van der Waals surface area contributed by atoms with Gasteiger partial charge in [0.15, 0.2) is 0 Å². The van der Waals surface area contributed by atoms with Gasteiger partial charge in [-0.15, -0.1) is 0 Å². The number of benzene rings is 3. The van der Waals surface area contributed by atoms with Crippen LogP contribution in [0.3, 0.4) is 0 Å². The zero-order valence-electron chi connectivity index (χ0n) is 24.2. The number of rotatable bonds is 10. The Morgan fingerprint density at radius 3 is 1.98 bits per heavy atom. The standard InChI is InChI=1S/C33H39N3O4/c1-7-35(8-2)26-13-9-23(10-14-26)30-29(31(37)24-11-19-28(20-12-24)40-21-22(3)4)32(38)33(39)36(30)27-17-15-25(16-18-27)34(5)6/h9-20,22,30,37H,7-8,21H2,1-6H3/b31-29+. The van der Waals surface area contributed by atoms with Crippen LogP contribution >= 0.6 is 0 Å². The van der Waals surface area contributed by atoms with Gasteiger partial charge in [-0.05, 0) is 86.0 Å². The van der Waals surface area contributed by atoms with E-state index in [1.807, 2.05) is 67.5 Å². The number of Topliss-reactive ketones (excluding diaryl/α,β-unsaturated/α-hetero) is 1. The minimum atomic E-state index is -0.784. The molecule has 0 radical (unpaired) electrons. The molecule has 1 amide bonds. The molecule has 3 aromatic carbocycles. The van der Waals surface area contributed by atoms with Crippen LogP contribution in [0.2, 0.25) is 0 Å². The predicted molar refractivity (Wildman–Crippen MR) is 162 cm³/mol. The second-order valence-corrected chi connectivity index (χ2v) is 10.6. The Kier molecular flexibility index (Phi) is 8.83. The lowest BCUT2D eigenvalue weighted by Crippen LogP contribution is -2.29. The number of aliphatic hydroxyl groups excluding tert-OH is 1. The minimum Gasteiger partial charge on any atom is -0.507 e. The third-order valence-electron chi connectivity index (χ3n) is 7.14. The minimum absolute atomic E-state index is 0.0631. The van der Waals surface area contributed by atoms with Gasteiger partial charge in [0.2, 0.25) is 0 Å². The molecular formula is C33H39N3O4. The molecular weight excluding hydrogens is 502 g/mol. The van der Waals surface area contributed by atoms with Gasteiger partial charge >= 0.3 is 0 Å². The highest BCUT2D eigenvalue weighted by Gasteiger charge is 2.47. The van der Waals surface area contributed by atoms with Gasteiger partial charge in [-0.2, -0.15) is 0 Å². The van der Waals surface area contributed by atoms with Crippen LogP contribution in [0.4, 0.5) is 17.1 Å². The Morgan fingerprint density at radius 2 is 1.45 bits per heavy atom. The van der Waals surface area contributed by atoms with E-state index in [9.17, 15) is 14.7 Å². The van der Waals surface area contributed by atoms with Gasteiger partial charge < -0.3 is 19.6 Å². The largest absolute Gasteiger partial charge is 0.507 e. The molecule has 1 unspecified atom stereocenters. The van der Waals surface area contributed by atoms with Crippen molar-refractivity contribution in [1.82, 2.24) is 0 Å². The molecule has 7 heteroatoms. The fourth-order valence-electron chi connectivity index (χ4n) is 4.91. The van der Waals surface area contributed by atoms with Crippen LogP contribution < -0.4 is 19.4 Å². The van der Waals surface area contributed by atoms with Crippen molar-refractivity contribution in [1.29, 1.82) is 0 Å². The van der Waals surface area contributed by atoms with E-state index in [0.717, 1.165) is 30.0 Å². The van der Waals surface area contributed by atoms with E-state index < -0.39 is 17.7 Å². The molecule has 0 saturated carbocycles. The lowest BCUT2D eigenvalue weighted by molar-refractivity contribution is -0.132. The second kappa shape index (κ2) is 12.3. The summed E-state index contributed by atoms with van der Waals surface area (Å²) in [7, 11) is 3.88. The molecule has 1 atom stereocenters. The van der Waals surface area contributed by atoms with Gasteiger partial charge in [0.05, 0.1) is 18.2 Å². The first kappa shape index (κ1) is 28.7. The maximum Gasteiger partial charge on any atom is 0.300 e. The lowest BCUT2D eigenvalue weighted by atomic mass is 9.94. The summed E-state index contributed by atoms with van der Waals surface area (Å²) in [5, 5.41) is 11.5. The molecule has 7 nitrogen and oxygen atoms in total. The Morgan fingerprint density at radius 1 is 0.875 bits per heavy atom. The molecule has 0 aromatic heterocycles. The van der Waals surface area contributed by atoms with Crippen molar-refractivity contribution in [3.8, 4) is 5.75 Å². The molecule has 0 bridgehead atoms. The number of carbonyl (C=O) groups is 2. The summed E-state index contributed by atoms with van der Waals surface area (Å²) in [5.74, 6) is -0.542. The summed E-state index contributed by atoms with van der Waals surface area (Å²) in [6.45, 7) is 10.6. The Hall–Kier alpha value is -4.26. The van der Waals surface area contributed by atoms with E-state index in [-0.39, 0.29) is 11.3 Å². The fourth-order valence-corrected chi connectivity index (χ4v) is 4.91. The maximum atomic E-state index is 13.5. The third kappa shape index (κ3) is 5.83. The number of amides is 1. The summed E-state index contributed by atoms with van der Waals surface area (Å²) in [5.41, 5.74) is 3.86. The molecule has 0 spiro atoms. The molecule has 1 N–H and O–H groups in total. The Balaban J connectivity index is 1.81. The molecule has 1 heterocycles. The number of carbonyl (C=O) groups excluding carboxylic acids is 2. The quantitative estimate of drug-likeness (QED) is 0.186. The average molecular weight is 542 g/mol. The second-order valence-electron chi connectivity index (χ2n) is 10.6. The van der Waals surface area contributed by atoms with Crippen LogP contribution in [-0.2, 0) is 9.59 Å². The molecule has 3 aromatic rings. The maximum absolute atomic E-state index is 13.5. The molecule has 0 aliphatic carbocycles. The van der Waals surface area contributed by atoms with E-state index >= 15 is 0 Å². The Labute approximate surface area is 237 Å². The van der Waals surface area contributed by atoms with Crippen molar-refractivity contribution in [2.45, 2.75) is 33.7 Å². The molecule has 1 saturated heterocycles. The first-order valence-corrected chi connectivity index (χ1v) is 13.8. The van der Waals surface area contributed by atoms with Gasteiger partial charge in [0.25, 0.3) is 11.7 Å². The van der Waals surface area contributed by atoms with Gasteiger partial charge in [0, 0.05) is 49.8 Å². The monoisotopic (exact) mass is 541 g/mol. The topological polar surface area (TPSA) is 73.3 Å². The van der Waals surface area contributed by atoms with E-state index in [2.05, 4.69) is 32.6 Å². The van der Waals surface area contributed by atoms with Gasteiger partial charge in [-0.3, -0.25) is 14.5 Å². The number of aliphatic hydroxyl groups is 1. The fraction of sp³-hybridized carbons (Fsp3) is 0.333. The SMILES string of the molecule is CCN(CC)c1ccc(C2/C(=C(\O)c3ccc(OCC(C)C)cc3)C(=O)C(=O)N2c2ccc(N(C)C)cc2)cc1. The van der Waals surface area contributed by atoms with Crippen LogP contribution in [0.15, 0.2) is 78.4 Å². The van der Waals surface area contributed by atoms with Crippen molar-refractivity contribution in [2.75, 3.05) is 48.5 Å². The van der Waals surface area contributed by atoms with Crippen LogP contribution in [-0.4, -0.2) is 50.6 Å². The summed E-state index contributed by atoms with van der Waals surface area (Å²) in [6, 6.07) is 21.5. The lowest BCUT2D eigenvalue weighted by Gasteiger charge is -2.27. The number of ketones is 1. The number of nitrogens with zero attached hydrogens (tertiary/aromatic N) is 3. The highest BCUT2D eigenvalue weighted by molar-refractivity contribution is 6.51. The number of ether oxygens (including phenoxy) is 1. The van der Waals surface area contributed by atoms with Gasteiger partial charge in [0.1, 0.15) is 11.5 Å². The average Bonchev–Trinajstić information content (AvgIpc) is 3.22. The normalized spacial score (nSPS) is 16.5. The van der Waals surface area contributed by atoms with E-state index in [1.165, 1.54) is 4.90 Å². The van der Waals surface area contributed by atoms with Crippen molar-refractivity contribution in [3.63, 3.8) is 0 Å². The Bertz CT molecular complexity index is 1360. The zero-order valence-corrected chi connectivity index (χ0v) is 24.2. The number of anilines is 3. The van der Waals surface area contributed by atoms with E-state index in [1.54, 1.807) is 24.3 Å². The number of hydrogen-bond donors (Lipinski definition) is 1. The van der Waals surface area contributed by atoms with Gasteiger partial charge in [-0.1, -0.05) is 26.0 Å². The summed E-state index contributed by atoms with van der Waals surface area (Å²) < 4.78 is 5.77. The van der Waals surface area contributed by atoms with Crippen LogP contribution in [0.25, 0.3) is 5.76 Å². The highest BCUT2D eigenvalue weighted by Crippen LogP contribution is 2.43. The first-order valence-electron chi connectivity index (χ1n) is 13.8. The van der Waals surface area contributed by atoms with Crippen molar-refractivity contribution < 1.29 is 19.4 Å². The van der Waals surface area contributed by atoms with Gasteiger partial charge in [-0.25, -0.2) is 0 Å². The van der Waals surface area contributed by atoms with Crippen molar-refractivity contribution in [2.24, 2.45) is 5.92 Å². The van der Waals surface area contributed by atoms with Crippen LogP contribution in [0, 0.1) is 5.92 Å².